The number of benzene rings is 3. The van der Waals surface area contributed by atoms with Gasteiger partial charge in [0.2, 0.25) is 0 Å². The van der Waals surface area contributed by atoms with Crippen molar-refractivity contribution in [3.05, 3.63) is 83.9 Å². The van der Waals surface area contributed by atoms with Crippen molar-refractivity contribution in [3.8, 4) is 0 Å². The molecule has 0 radical (unpaired) electrons. The first-order valence-corrected chi connectivity index (χ1v) is 13.4. The van der Waals surface area contributed by atoms with Crippen LogP contribution in [0, 0.1) is 0 Å². The second-order valence-corrected chi connectivity index (χ2v) is 11.1. The zero-order chi connectivity index (χ0) is 26.4. The summed E-state index contributed by atoms with van der Waals surface area (Å²) in [6, 6.07) is 24.0. The van der Waals surface area contributed by atoms with Gasteiger partial charge >= 0.3 is 5.97 Å². The Bertz CT molecular complexity index is 1260. The van der Waals surface area contributed by atoms with Gasteiger partial charge in [-0.2, -0.15) is 0 Å². The molecule has 0 saturated carbocycles. The molecule has 0 spiro atoms. The Labute approximate surface area is 220 Å². The maximum absolute atomic E-state index is 10.7. The van der Waals surface area contributed by atoms with Crippen LogP contribution in [0.3, 0.4) is 0 Å². The second-order valence-electron chi connectivity index (χ2n) is 11.1. The minimum Gasteiger partial charge on any atom is -0.478 e. The molecule has 4 aromatic rings. The van der Waals surface area contributed by atoms with Crippen LogP contribution in [0.4, 0.5) is 0 Å². The number of aromatic nitrogens is 1. The van der Waals surface area contributed by atoms with Gasteiger partial charge in [0, 0.05) is 28.4 Å². The molecule has 1 aliphatic rings. The van der Waals surface area contributed by atoms with Crippen LogP contribution in [-0.2, 0) is 12.0 Å². The molecule has 1 aliphatic heterocycles. The zero-order valence-electron chi connectivity index (χ0n) is 22.4. The minimum atomic E-state index is -0.875. The fraction of sp³-hybridized carbons (Fsp3) is 0.406. The quantitative estimate of drug-likeness (QED) is 0.319. The molecule has 3 aromatic carbocycles. The number of hydrogen-bond acceptors (Lipinski definition) is 3. The number of para-hydroxylation sites is 2. The Balaban J connectivity index is 0.000000209. The van der Waals surface area contributed by atoms with Crippen LogP contribution >= 0.6 is 0 Å². The van der Waals surface area contributed by atoms with Crippen molar-refractivity contribution in [2.75, 3.05) is 19.6 Å². The van der Waals surface area contributed by atoms with Gasteiger partial charge in [0.15, 0.2) is 0 Å². The Kier molecular flexibility index (Phi) is 8.67. The highest BCUT2D eigenvalue weighted by Crippen LogP contribution is 2.29. The monoisotopic (exact) mass is 500 g/mol. The van der Waals surface area contributed by atoms with Gasteiger partial charge in [-0.3, -0.25) is 0 Å². The number of aromatic carboxylic acids is 1. The Morgan fingerprint density at radius 2 is 1.30 bits per heavy atom. The topological polar surface area (TPSA) is 65.7 Å². The summed E-state index contributed by atoms with van der Waals surface area (Å²) in [4.78, 5) is 13.0. The van der Waals surface area contributed by atoms with Crippen LogP contribution < -0.4 is 0 Å². The van der Waals surface area contributed by atoms with E-state index in [1.807, 2.05) is 12.1 Å². The van der Waals surface area contributed by atoms with E-state index >= 15 is 0 Å². The number of aliphatic hydroxyl groups excluding tert-OH is 1. The number of fused-ring (bicyclic) bond motifs is 3. The van der Waals surface area contributed by atoms with Gasteiger partial charge in [-0.1, -0.05) is 82.1 Å². The normalized spacial score (nSPS) is 15.7. The smallest absolute Gasteiger partial charge is 0.335 e. The van der Waals surface area contributed by atoms with Crippen molar-refractivity contribution < 1.29 is 15.0 Å². The fourth-order valence-corrected chi connectivity index (χ4v) is 5.20. The van der Waals surface area contributed by atoms with E-state index < -0.39 is 5.97 Å². The van der Waals surface area contributed by atoms with E-state index in [1.54, 1.807) is 12.1 Å². The summed E-state index contributed by atoms with van der Waals surface area (Å²) in [7, 11) is 0. The standard InChI is InChI=1S/C21H26N2O.C11H14O2/c24-17(15-22-13-7-1-2-8-14-22)16-23-20-11-5-3-9-18(20)19-10-4-6-12-21(19)23;1-11(2,3)9-6-4-8(5-7-9)10(12)13/h3-6,9-12,17,24H,1-2,7-8,13-16H2;4-7H,1-3H3,(H,12,13). The highest BCUT2D eigenvalue weighted by molar-refractivity contribution is 6.07. The van der Waals surface area contributed by atoms with Gasteiger partial charge in [0.05, 0.1) is 18.2 Å². The summed E-state index contributed by atoms with van der Waals surface area (Å²) in [5.74, 6) is -0.875. The fourth-order valence-electron chi connectivity index (χ4n) is 5.20. The van der Waals surface area contributed by atoms with Gasteiger partial charge in [-0.05, 0) is 61.2 Å². The van der Waals surface area contributed by atoms with Crippen molar-refractivity contribution in [3.63, 3.8) is 0 Å². The lowest BCUT2D eigenvalue weighted by atomic mass is 9.87. The molecule has 1 saturated heterocycles. The molecule has 196 valence electrons. The molecule has 1 fully saturated rings. The van der Waals surface area contributed by atoms with Crippen LogP contribution in [0.5, 0.6) is 0 Å². The summed E-state index contributed by atoms with van der Waals surface area (Å²) in [6.07, 6.45) is 4.87. The van der Waals surface area contributed by atoms with Crippen molar-refractivity contribution >= 4 is 27.8 Å². The molecular weight excluding hydrogens is 460 g/mol. The average Bonchev–Trinajstić information content (AvgIpc) is 3.00. The molecule has 5 heteroatoms. The predicted octanol–water partition coefficient (Wildman–Crippen LogP) is 6.71. The maximum atomic E-state index is 10.7. The number of aliphatic hydroxyl groups is 1. The van der Waals surface area contributed by atoms with Crippen LogP contribution in [0.2, 0.25) is 0 Å². The lowest BCUT2D eigenvalue weighted by Crippen LogP contribution is -2.35. The summed E-state index contributed by atoms with van der Waals surface area (Å²) in [6.45, 7) is 9.99. The number of carboxylic acid groups (broad SMARTS) is 1. The third kappa shape index (κ3) is 6.79. The molecule has 1 unspecified atom stereocenters. The van der Waals surface area contributed by atoms with Crippen molar-refractivity contribution in [2.45, 2.75) is 64.5 Å². The van der Waals surface area contributed by atoms with E-state index in [0.717, 1.165) is 25.2 Å². The molecule has 0 aliphatic carbocycles. The molecule has 0 bridgehead atoms. The highest BCUT2D eigenvalue weighted by atomic mass is 16.4. The molecule has 0 amide bonds. The molecule has 2 N–H and O–H groups in total. The van der Waals surface area contributed by atoms with Gasteiger partial charge in [0.1, 0.15) is 0 Å². The van der Waals surface area contributed by atoms with E-state index in [-0.39, 0.29) is 11.5 Å². The van der Waals surface area contributed by atoms with Crippen LogP contribution in [0.15, 0.2) is 72.8 Å². The summed E-state index contributed by atoms with van der Waals surface area (Å²) in [5.41, 5.74) is 4.00. The summed E-state index contributed by atoms with van der Waals surface area (Å²) in [5, 5.41) is 21.9. The summed E-state index contributed by atoms with van der Waals surface area (Å²) < 4.78 is 2.28. The third-order valence-corrected chi connectivity index (χ3v) is 7.24. The number of likely N-dealkylation sites (tertiary alicyclic amines) is 1. The van der Waals surface area contributed by atoms with Crippen LogP contribution in [0.1, 0.15) is 62.4 Å². The Hall–Kier alpha value is -3.15. The van der Waals surface area contributed by atoms with E-state index in [4.69, 9.17) is 5.11 Å². The van der Waals surface area contributed by atoms with Gasteiger partial charge in [-0.25, -0.2) is 4.79 Å². The third-order valence-electron chi connectivity index (χ3n) is 7.24. The van der Waals surface area contributed by atoms with Crippen molar-refractivity contribution in [2.24, 2.45) is 0 Å². The molecule has 5 rings (SSSR count). The van der Waals surface area contributed by atoms with E-state index in [9.17, 15) is 9.90 Å². The van der Waals surface area contributed by atoms with E-state index in [1.165, 1.54) is 47.5 Å². The number of nitrogens with zero attached hydrogens (tertiary/aromatic N) is 2. The van der Waals surface area contributed by atoms with Gasteiger partial charge < -0.3 is 19.7 Å². The molecule has 1 aromatic heterocycles. The first-order chi connectivity index (χ1) is 17.7. The molecular formula is C32H40N2O3. The van der Waals surface area contributed by atoms with Gasteiger partial charge in [0.25, 0.3) is 0 Å². The number of carboxylic acids is 1. The number of hydrogen-bond donors (Lipinski definition) is 2. The van der Waals surface area contributed by atoms with Crippen LogP contribution in [-0.4, -0.2) is 51.4 Å². The van der Waals surface area contributed by atoms with E-state index in [2.05, 4.69) is 78.8 Å². The predicted molar refractivity (Wildman–Crippen MR) is 152 cm³/mol. The first-order valence-electron chi connectivity index (χ1n) is 13.4. The molecule has 2 heterocycles. The SMILES string of the molecule is CC(C)(C)c1ccc(C(=O)O)cc1.OC(CN1CCCCCC1)Cn1c2ccccc2c2ccccc21. The number of β-amino-alcohol motifs (C(OH)–C–C–N with tert-alkyl or cyclic N) is 1. The Morgan fingerprint density at radius 1 is 0.784 bits per heavy atom. The lowest BCUT2D eigenvalue weighted by molar-refractivity contribution is 0.0696. The average molecular weight is 501 g/mol. The van der Waals surface area contributed by atoms with Crippen molar-refractivity contribution in [1.82, 2.24) is 9.47 Å². The molecule has 1 atom stereocenters. The Morgan fingerprint density at radius 3 is 1.78 bits per heavy atom. The summed E-state index contributed by atoms with van der Waals surface area (Å²) >= 11 is 0. The lowest BCUT2D eigenvalue weighted by Gasteiger charge is -2.24. The maximum Gasteiger partial charge on any atom is 0.335 e. The van der Waals surface area contributed by atoms with Crippen molar-refractivity contribution in [1.29, 1.82) is 0 Å². The molecule has 5 nitrogen and oxygen atoms in total. The second kappa shape index (κ2) is 11.9. The van der Waals surface area contributed by atoms with E-state index in [0.29, 0.717) is 12.1 Å². The largest absolute Gasteiger partial charge is 0.478 e. The minimum absolute atomic E-state index is 0.0804. The number of rotatable bonds is 5. The zero-order valence-corrected chi connectivity index (χ0v) is 22.4. The first kappa shape index (κ1) is 26.9. The van der Waals surface area contributed by atoms with Crippen LogP contribution in [0.25, 0.3) is 21.8 Å². The van der Waals surface area contributed by atoms with Gasteiger partial charge in [-0.15, -0.1) is 0 Å². The number of carbonyl (C=O) groups is 1. The molecule has 37 heavy (non-hydrogen) atoms. The highest BCUT2D eigenvalue weighted by Gasteiger charge is 2.17.